The van der Waals surface area contributed by atoms with Crippen LogP contribution in [0.25, 0.3) is 0 Å². The van der Waals surface area contributed by atoms with Crippen molar-refractivity contribution < 1.29 is 14.6 Å². The van der Waals surface area contributed by atoms with Gasteiger partial charge in [0.25, 0.3) is 0 Å². The van der Waals surface area contributed by atoms with Gasteiger partial charge in [0.2, 0.25) is 0 Å². The number of halogens is 2. The third-order valence-electron chi connectivity index (χ3n) is 2.83. The molecule has 0 saturated carbocycles. The minimum Gasteiger partial charge on any atom is -0.490 e. The van der Waals surface area contributed by atoms with E-state index in [1.165, 1.54) is 0 Å². The summed E-state index contributed by atoms with van der Waals surface area (Å²) in [5.74, 6) is 1.45. The fraction of sp³-hybridized carbons (Fsp3) is 0.250. The van der Waals surface area contributed by atoms with Gasteiger partial charge in [0.05, 0.1) is 6.10 Å². The fourth-order valence-electron chi connectivity index (χ4n) is 1.85. The summed E-state index contributed by atoms with van der Waals surface area (Å²) in [4.78, 5) is 0. The summed E-state index contributed by atoms with van der Waals surface area (Å²) in [6.45, 7) is 2.55. The highest BCUT2D eigenvalue weighted by Gasteiger charge is 2.09. The minimum absolute atomic E-state index is 0.405. The Morgan fingerprint density at radius 1 is 1.00 bits per heavy atom. The smallest absolute Gasteiger partial charge is 0.126 e. The maximum atomic E-state index is 9.73. The average molecular weight is 416 g/mol. The number of hydrogen-bond acceptors (Lipinski definition) is 3. The molecular formula is C16H16Br2O3. The summed E-state index contributed by atoms with van der Waals surface area (Å²) < 4.78 is 13.2. The van der Waals surface area contributed by atoms with E-state index in [1.807, 2.05) is 42.5 Å². The second-order valence-electron chi connectivity index (χ2n) is 4.51. The van der Waals surface area contributed by atoms with Gasteiger partial charge in [-0.3, -0.25) is 0 Å². The van der Waals surface area contributed by atoms with Crippen LogP contribution in [-0.4, -0.2) is 18.3 Å². The second kappa shape index (κ2) is 7.82. The lowest BCUT2D eigenvalue weighted by Crippen LogP contribution is -2.10. The first kappa shape index (κ1) is 16.3. The first-order chi connectivity index (χ1) is 10.1. The van der Waals surface area contributed by atoms with Gasteiger partial charge in [-0.1, -0.05) is 44.0 Å². The Labute approximate surface area is 141 Å². The molecule has 1 N–H and O–H groups in total. The van der Waals surface area contributed by atoms with Crippen molar-refractivity contribution in [2.24, 2.45) is 0 Å². The van der Waals surface area contributed by atoms with Crippen molar-refractivity contribution in [1.29, 1.82) is 0 Å². The van der Waals surface area contributed by atoms with Gasteiger partial charge in [-0.2, -0.15) is 0 Å². The van der Waals surface area contributed by atoms with E-state index in [0.29, 0.717) is 19.0 Å². The number of aliphatic hydroxyl groups is 1. The largest absolute Gasteiger partial charge is 0.490 e. The van der Waals surface area contributed by atoms with Crippen molar-refractivity contribution in [2.45, 2.75) is 13.0 Å². The van der Waals surface area contributed by atoms with Crippen LogP contribution in [-0.2, 0) is 0 Å². The zero-order valence-corrected chi connectivity index (χ0v) is 14.7. The van der Waals surface area contributed by atoms with Crippen molar-refractivity contribution in [2.75, 3.05) is 13.2 Å². The molecule has 0 saturated heterocycles. The molecule has 0 aliphatic heterocycles. The van der Waals surface area contributed by atoms with E-state index < -0.39 is 6.10 Å². The van der Waals surface area contributed by atoms with E-state index in [0.717, 1.165) is 20.3 Å². The average Bonchev–Trinajstić information content (AvgIpc) is 2.43. The number of hydrogen-bond donors (Lipinski definition) is 1. The van der Waals surface area contributed by atoms with Crippen molar-refractivity contribution in [1.82, 2.24) is 0 Å². The molecule has 0 fully saturated rings. The number of rotatable bonds is 6. The van der Waals surface area contributed by atoms with E-state index in [4.69, 9.17) is 9.47 Å². The number of aliphatic hydroxyl groups excluding tert-OH is 1. The summed E-state index contributed by atoms with van der Waals surface area (Å²) in [6.07, 6.45) is -0.570. The lowest BCUT2D eigenvalue weighted by atomic mass is 10.1. The normalized spacial score (nSPS) is 12.0. The summed E-state index contributed by atoms with van der Waals surface area (Å²) in [5, 5.41) is 9.73. The predicted molar refractivity (Wildman–Crippen MR) is 89.9 cm³/mol. The van der Waals surface area contributed by atoms with Crippen LogP contribution in [0, 0.1) is 0 Å². The zero-order chi connectivity index (χ0) is 15.2. The molecule has 0 heterocycles. The monoisotopic (exact) mass is 414 g/mol. The molecule has 21 heavy (non-hydrogen) atoms. The van der Waals surface area contributed by atoms with Crippen LogP contribution in [0.5, 0.6) is 11.5 Å². The highest BCUT2D eigenvalue weighted by Crippen LogP contribution is 2.28. The Kier molecular flexibility index (Phi) is 6.08. The molecule has 0 bridgehead atoms. The van der Waals surface area contributed by atoms with Gasteiger partial charge in [-0.05, 0) is 37.3 Å². The first-order valence-corrected chi connectivity index (χ1v) is 8.13. The summed E-state index contributed by atoms with van der Waals surface area (Å²) in [6, 6.07) is 13.2. The molecule has 0 radical (unpaired) electrons. The Bertz CT molecular complexity index is 600. The van der Waals surface area contributed by atoms with E-state index in [1.54, 1.807) is 6.92 Å². The van der Waals surface area contributed by atoms with Crippen LogP contribution in [0.2, 0.25) is 0 Å². The quantitative estimate of drug-likeness (QED) is 0.693. The molecule has 112 valence electrons. The van der Waals surface area contributed by atoms with E-state index >= 15 is 0 Å². The zero-order valence-electron chi connectivity index (χ0n) is 11.6. The molecule has 2 aromatic carbocycles. The van der Waals surface area contributed by atoms with Gasteiger partial charge in [-0.25, -0.2) is 0 Å². The van der Waals surface area contributed by atoms with Crippen LogP contribution in [0.4, 0.5) is 0 Å². The lowest BCUT2D eigenvalue weighted by Gasteiger charge is -2.14. The minimum atomic E-state index is -0.570. The standard InChI is InChI=1S/C16H16Br2O3/c1-11(19)15-6-5-13(18)10-16(15)21-8-7-20-14-4-2-3-12(17)9-14/h2-6,9-11,19H,7-8H2,1H3/t11-/m0/s1. The van der Waals surface area contributed by atoms with E-state index in [9.17, 15) is 5.11 Å². The molecule has 0 aliphatic rings. The molecule has 0 aromatic heterocycles. The van der Waals surface area contributed by atoms with Crippen LogP contribution in [0.1, 0.15) is 18.6 Å². The Morgan fingerprint density at radius 2 is 1.71 bits per heavy atom. The van der Waals surface area contributed by atoms with E-state index in [-0.39, 0.29) is 0 Å². The Morgan fingerprint density at radius 3 is 2.43 bits per heavy atom. The van der Waals surface area contributed by atoms with Crippen molar-refractivity contribution in [3.05, 3.63) is 57.0 Å². The molecule has 2 aromatic rings. The van der Waals surface area contributed by atoms with Gasteiger partial charge >= 0.3 is 0 Å². The maximum Gasteiger partial charge on any atom is 0.126 e. The van der Waals surface area contributed by atoms with Crippen LogP contribution < -0.4 is 9.47 Å². The third-order valence-corrected chi connectivity index (χ3v) is 3.82. The van der Waals surface area contributed by atoms with Gasteiger partial charge in [-0.15, -0.1) is 0 Å². The highest BCUT2D eigenvalue weighted by atomic mass is 79.9. The first-order valence-electron chi connectivity index (χ1n) is 6.55. The molecule has 2 rings (SSSR count). The lowest BCUT2D eigenvalue weighted by molar-refractivity contribution is 0.182. The molecule has 3 nitrogen and oxygen atoms in total. The van der Waals surface area contributed by atoms with Crippen LogP contribution in [0.15, 0.2) is 51.4 Å². The van der Waals surface area contributed by atoms with Gasteiger partial charge in [0.1, 0.15) is 24.7 Å². The molecule has 0 spiro atoms. The van der Waals surface area contributed by atoms with Gasteiger partial charge in [0.15, 0.2) is 0 Å². The maximum absolute atomic E-state index is 9.73. The molecule has 5 heteroatoms. The molecule has 0 unspecified atom stereocenters. The van der Waals surface area contributed by atoms with Crippen molar-refractivity contribution in [3.63, 3.8) is 0 Å². The summed E-state index contributed by atoms with van der Waals surface area (Å²) in [7, 11) is 0. The molecule has 0 amide bonds. The van der Waals surface area contributed by atoms with Crippen LogP contribution >= 0.6 is 31.9 Å². The van der Waals surface area contributed by atoms with Crippen molar-refractivity contribution >= 4 is 31.9 Å². The fourth-order valence-corrected chi connectivity index (χ4v) is 2.56. The molecule has 0 aliphatic carbocycles. The highest BCUT2D eigenvalue weighted by molar-refractivity contribution is 9.10. The SMILES string of the molecule is C[C@H](O)c1ccc(Br)cc1OCCOc1cccc(Br)c1. The Balaban J connectivity index is 1.90. The van der Waals surface area contributed by atoms with Crippen molar-refractivity contribution in [3.8, 4) is 11.5 Å². The number of benzene rings is 2. The molecule has 1 atom stereocenters. The number of ether oxygens (including phenoxy) is 2. The predicted octanol–water partition coefficient (Wildman–Crippen LogP) is 4.72. The Hall–Kier alpha value is -1.04. The second-order valence-corrected chi connectivity index (χ2v) is 6.34. The topological polar surface area (TPSA) is 38.7 Å². The third kappa shape index (κ3) is 5.02. The van der Waals surface area contributed by atoms with Gasteiger partial charge < -0.3 is 14.6 Å². The summed E-state index contributed by atoms with van der Waals surface area (Å²) in [5.41, 5.74) is 0.764. The van der Waals surface area contributed by atoms with Gasteiger partial charge in [0, 0.05) is 14.5 Å². The molecular weight excluding hydrogens is 400 g/mol. The van der Waals surface area contributed by atoms with E-state index in [2.05, 4.69) is 31.9 Å². The van der Waals surface area contributed by atoms with Crippen LogP contribution in [0.3, 0.4) is 0 Å². The summed E-state index contributed by atoms with van der Waals surface area (Å²) >= 11 is 6.80.